The van der Waals surface area contributed by atoms with Crippen LogP contribution in [0.1, 0.15) is 37.3 Å². The van der Waals surface area contributed by atoms with Gasteiger partial charge in [-0.15, -0.1) is 0 Å². The maximum Gasteiger partial charge on any atom is 0.0302 e. The molecule has 0 amide bonds. The predicted octanol–water partition coefficient (Wildman–Crippen LogP) is 2.77. The fourth-order valence-corrected chi connectivity index (χ4v) is 2.03. The number of nitrogens with zero attached hydrogens (tertiary/aromatic N) is 1. The lowest BCUT2D eigenvalue weighted by atomic mass is 9.78. The third-order valence-corrected chi connectivity index (χ3v) is 3.15. The number of aromatic nitrogens is 1. The monoisotopic (exact) mass is 161 g/mol. The fourth-order valence-electron chi connectivity index (χ4n) is 2.03. The van der Waals surface area contributed by atoms with E-state index in [9.17, 15) is 0 Å². The van der Waals surface area contributed by atoms with Gasteiger partial charge in [0.2, 0.25) is 0 Å². The summed E-state index contributed by atoms with van der Waals surface area (Å²) in [6.07, 6.45) is 6.47. The average molecular weight is 161 g/mol. The van der Waals surface area contributed by atoms with Gasteiger partial charge in [0.05, 0.1) is 0 Å². The van der Waals surface area contributed by atoms with Crippen molar-refractivity contribution in [2.45, 2.75) is 32.6 Å². The number of hydrogen-bond acceptors (Lipinski definition) is 1. The van der Waals surface area contributed by atoms with Crippen molar-refractivity contribution >= 4 is 0 Å². The predicted molar refractivity (Wildman–Crippen MR) is 50.1 cm³/mol. The first-order chi connectivity index (χ1) is 5.79. The van der Waals surface area contributed by atoms with E-state index in [-0.39, 0.29) is 0 Å². The van der Waals surface area contributed by atoms with Crippen molar-refractivity contribution in [2.24, 2.45) is 5.92 Å². The van der Waals surface area contributed by atoms with Crippen molar-refractivity contribution in [1.29, 1.82) is 0 Å². The fraction of sp³-hybridized carbons (Fsp3) is 0.545. The van der Waals surface area contributed by atoms with Crippen LogP contribution in [0.5, 0.6) is 0 Å². The lowest BCUT2D eigenvalue weighted by molar-refractivity contribution is 0.425. The lowest BCUT2D eigenvalue weighted by Gasteiger charge is -2.27. The van der Waals surface area contributed by atoms with Crippen molar-refractivity contribution in [3.63, 3.8) is 0 Å². The molecular weight excluding hydrogens is 146 g/mol. The Morgan fingerprint density at radius 2 is 2.25 bits per heavy atom. The molecule has 0 N–H and O–H groups in total. The van der Waals surface area contributed by atoms with Gasteiger partial charge in [-0.05, 0) is 41.9 Å². The Labute approximate surface area is 73.8 Å². The van der Waals surface area contributed by atoms with Crippen LogP contribution in [0, 0.1) is 5.92 Å². The number of aryl methyl sites for hydroxylation is 1. The molecule has 1 aliphatic carbocycles. The summed E-state index contributed by atoms with van der Waals surface area (Å²) in [5, 5.41) is 0. The van der Waals surface area contributed by atoms with Gasteiger partial charge >= 0.3 is 0 Å². The van der Waals surface area contributed by atoms with Crippen LogP contribution < -0.4 is 0 Å². The van der Waals surface area contributed by atoms with Crippen LogP contribution in [0.4, 0.5) is 0 Å². The minimum atomic E-state index is 0.719. The molecule has 1 heterocycles. The van der Waals surface area contributed by atoms with Crippen molar-refractivity contribution in [2.75, 3.05) is 0 Å². The molecule has 64 valence electrons. The third kappa shape index (κ3) is 1.13. The first-order valence-electron chi connectivity index (χ1n) is 4.72. The van der Waals surface area contributed by atoms with Crippen molar-refractivity contribution < 1.29 is 0 Å². The Hall–Kier alpha value is -0.850. The van der Waals surface area contributed by atoms with E-state index in [2.05, 4.69) is 24.9 Å². The Bertz CT molecular complexity index is 280. The summed E-state index contributed by atoms with van der Waals surface area (Å²) >= 11 is 0. The largest absolute Gasteiger partial charge is 0.264 e. The molecule has 0 spiro atoms. The Morgan fingerprint density at radius 1 is 1.42 bits per heavy atom. The van der Waals surface area contributed by atoms with Gasteiger partial charge in [0.25, 0.3) is 0 Å². The average Bonchev–Trinajstić information content (AvgIpc) is 2.12. The van der Waals surface area contributed by atoms with E-state index < -0.39 is 0 Å². The first-order valence-corrected chi connectivity index (χ1v) is 4.72. The van der Waals surface area contributed by atoms with Crippen LogP contribution in [-0.2, 0) is 6.42 Å². The molecule has 0 fully saturated rings. The van der Waals surface area contributed by atoms with Gasteiger partial charge in [-0.25, -0.2) is 0 Å². The molecule has 2 rings (SSSR count). The molecule has 1 aromatic heterocycles. The Morgan fingerprint density at radius 3 is 3.08 bits per heavy atom. The summed E-state index contributed by atoms with van der Waals surface area (Å²) in [7, 11) is 0. The molecule has 0 aromatic carbocycles. The molecule has 0 saturated heterocycles. The van der Waals surface area contributed by atoms with E-state index in [1.807, 2.05) is 12.4 Å². The Balaban J connectivity index is 2.42. The van der Waals surface area contributed by atoms with E-state index in [1.165, 1.54) is 24.0 Å². The topological polar surface area (TPSA) is 12.9 Å². The number of rotatable bonds is 0. The van der Waals surface area contributed by atoms with Crippen LogP contribution in [0.15, 0.2) is 18.5 Å². The first kappa shape index (κ1) is 7.78. The second-order valence-corrected chi connectivity index (χ2v) is 3.88. The van der Waals surface area contributed by atoms with E-state index in [1.54, 1.807) is 0 Å². The third-order valence-electron chi connectivity index (χ3n) is 3.15. The zero-order chi connectivity index (χ0) is 8.55. The normalized spacial score (nSPS) is 28.2. The highest BCUT2D eigenvalue weighted by molar-refractivity contribution is 5.29. The molecule has 0 aliphatic heterocycles. The van der Waals surface area contributed by atoms with Gasteiger partial charge in [-0.1, -0.05) is 13.8 Å². The minimum Gasteiger partial charge on any atom is -0.264 e. The summed E-state index contributed by atoms with van der Waals surface area (Å²) in [6.45, 7) is 4.66. The standard InChI is InChI=1S/C11H15N/c1-8-3-4-10-7-12-6-5-11(10)9(8)2/h5-9H,3-4H2,1-2H3/t8-,9+/m0/s1. The smallest absolute Gasteiger partial charge is 0.0302 e. The summed E-state index contributed by atoms with van der Waals surface area (Å²) < 4.78 is 0. The molecule has 0 radical (unpaired) electrons. The lowest BCUT2D eigenvalue weighted by Crippen LogP contribution is -2.15. The molecule has 2 atom stereocenters. The minimum absolute atomic E-state index is 0.719. The van der Waals surface area contributed by atoms with Crippen LogP contribution in [0.3, 0.4) is 0 Å². The molecule has 1 aromatic rings. The zero-order valence-corrected chi connectivity index (χ0v) is 7.75. The van der Waals surface area contributed by atoms with Crippen molar-refractivity contribution in [3.05, 3.63) is 29.6 Å². The van der Waals surface area contributed by atoms with Crippen molar-refractivity contribution in [3.8, 4) is 0 Å². The number of hydrogen-bond donors (Lipinski definition) is 0. The van der Waals surface area contributed by atoms with Crippen LogP contribution in [-0.4, -0.2) is 4.98 Å². The summed E-state index contributed by atoms with van der Waals surface area (Å²) in [6, 6.07) is 2.18. The molecule has 0 bridgehead atoms. The molecular formula is C11H15N. The zero-order valence-electron chi connectivity index (χ0n) is 7.75. The van der Waals surface area contributed by atoms with Gasteiger partial charge in [0.1, 0.15) is 0 Å². The highest BCUT2D eigenvalue weighted by atomic mass is 14.6. The summed E-state index contributed by atoms with van der Waals surface area (Å²) in [4.78, 5) is 4.16. The second-order valence-electron chi connectivity index (χ2n) is 3.88. The van der Waals surface area contributed by atoms with Crippen LogP contribution in [0.2, 0.25) is 0 Å². The van der Waals surface area contributed by atoms with Gasteiger partial charge in [0, 0.05) is 12.4 Å². The molecule has 1 heteroatoms. The van der Waals surface area contributed by atoms with Gasteiger partial charge in [0.15, 0.2) is 0 Å². The number of pyridine rings is 1. The summed E-state index contributed by atoms with van der Waals surface area (Å²) in [5.41, 5.74) is 2.98. The molecule has 0 unspecified atom stereocenters. The molecule has 12 heavy (non-hydrogen) atoms. The van der Waals surface area contributed by atoms with Crippen LogP contribution >= 0.6 is 0 Å². The highest BCUT2D eigenvalue weighted by Gasteiger charge is 2.21. The molecule has 1 aliphatic rings. The highest BCUT2D eigenvalue weighted by Crippen LogP contribution is 2.34. The summed E-state index contributed by atoms with van der Waals surface area (Å²) in [5.74, 6) is 1.55. The van der Waals surface area contributed by atoms with Crippen molar-refractivity contribution in [1.82, 2.24) is 4.98 Å². The SMILES string of the molecule is C[C@H]1CCc2cnccc2[C@@H]1C. The van der Waals surface area contributed by atoms with E-state index in [0.717, 1.165) is 11.8 Å². The van der Waals surface area contributed by atoms with Crippen LogP contribution in [0.25, 0.3) is 0 Å². The molecule has 1 nitrogen and oxygen atoms in total. The quantitative estimate of drug-likeness (QED) is 0.570. The van der Waals surface area contributed by atoms with Gasteiger partial charge in [-0.2, -0.15) is 0 Å². The molecule has 0 saturated carbocycles. The van der Waals surface area contributed by atoms with Gasteiger partial charge in [-0.3, -0.25) is 4.98 Å². The number of fused-ring (bicyclic) bond motifs is 1. The second kappa shape index (κ2) is 2.89. The van der Waals surface area contributed by atoms with E-state index in [4.69, 9.17) is 0 Å². The Kier molecular flexibility index (Phi) is 1.87. The van der Waals surface area contributed by atoms with E-state index >= 15 is 0 Å². The maximum absolute atomic E-state index is 4.16. The maximum atomic E-state index is 4.16. The van der Waals surface area contributed by atoms with Gasteiger partial charge < -0.3 is 0 Å². The van der Waals surface area contributed by atoms with E-state index in [0.29, 0.717) is 0 Å².